The van der Waals surface area contributed by atoms with Gasteiger partial charge < -0.3 is 19.6 Å². The maximum absolute atomic E-state index is 11.7. The van der Waals surface area contributed by atoms with Gasteiger partial charge in [-0.15, -0.1) is 0 Å². The van der Waals surface area contributed by atoms with Crippen LogP contribution in [0.5, 0.6) is 5.95 Å². The highest BCUT2D eigenvalue weighted by Gasteiger charge is 2.21. The van der Waals surface area contributed by atoms with Gasteiger partial charge in [-0.05, 0) is 24.5 Å². The molecular formula is C11H15NO5S. The summed E-state index contributed by atoms with van der Waals surface area (Å²) >= 11 is 1.52. The summed E-state index contributed by atoms with van der Waals surface area (Å²) in [5.74, 6) is -0.736. The lowest BCUT2D eigenvalue weighted by atomic mass is 10.2. The molecule has 1 amide bonds. The number of amides is 1. The van der Waals surface area contributed by atoms with Crippen LogP contribution in [-0.4, -0.2) is 42.1 Å². The van der Waals surface area contributed by atoms with E-state index >= 15 is 0 Å². The summed E-state index contributed by atoms with van der Waals surface area (Å²) in [4.78, 5) is 22.7. The number of thioether (sulfide) groups is 1. The quantitative estimate of drug-likeness (QED) is 0.776. The molecule has 18 heavy (non-hydrogen) atoms. The molecule has 100 valence electrons. The summed E-state index contributed by atoms with van der Waals surface area (Å²) in [6.07, 6.45) is 2.23. The first kappa shape index (κ1) is 14.4. The van der Waals surface area contributed by atoms with E-state index in [0.717, 1.165) is 0 Å². The number of rotatable bonds is 7. The smallest absolute Gasteiger partial charge is 0.326 e. The van der Waals surface area contributed by atoms with Crippen LogP contribution < -0.4 is 10.1 Å². The van der Waals surface area contributed by atoms with Crippen LogP contribution >= 0.6 is 11.8 Å². The van der Waals surface area contributed by atoms with Gasteiger partial charge >= 0.3 is 5.97 Å². The van der Waals surface area contributed by atoms with E-state index in [-0.39, 0.29) is 11.7 Å². The summed E-state index contributed by atoms with van der Waals surface area (Å²) in [5, 5.41) is 11.4. The fourth-order valence-corrected chi connectivity index (χ4v) is 1.75. The normalized spacial score (nSPS) is 11.9. The lowest BCUT2D eigenvalue weighted by molar-refractivity contribution is -0.139. The van der Waals surface area contributed by atoms with Crippen molar-refractivity contribution in [3.63, 3.8) is 0 Å². The zero-order valence-electron chi connectivity index (χ0n) is 10.1. The molecule has 0 spiro atoms. The molecule has 6 nitrogen and oxygen atoms in total. The number of furan rings is 1. The van der Waals surface area contributed by atoms with Gasteiger partial charge in [0.2, 0.25) is 0 Å². The fourth-order valence-electron chi connectivity index (χ4n) is 1.27. The molecule has 0 saturated carbocycles. The number of methoxy groups -OCH3 is 1. The van der Waals surface area contributed by atoms with Gasteiger partial charge in [0.25, 0.3) is 11.9 Å². The van der Waals surface area contributed by atoms with Crippen molar-refractivity contribution in [1.82, 2.24) is 5.32 Å². The van der Waals surface area contributed by atoms with E-state index in [1.54, 1.807) is 0 Å². The molecule has 1 aromatic heterocycles. The minimum Gasteiger partial charge on any atom is -0.480 e. The Morgan fingerprint density at radius 3 is 2.78 bits per heavy atom. The molecular weight excluding hydrogens is 258 g/mol. The molecule has 0 aliphatic carbocycles. The first-order valence-electron chi connectivity index (χ1n) is 5.25. The number of carboxylic acids is 1. The van der Waals surface area contributed by atoms with E-state index in [0.29, 0.717) is 12.2 Å². The summed E-state index contributed by atoms with van der Waals surface area (Å²) in [6, 6.07) is 2.01. The third-order valence-corrected chi connectivity index (χ3v) is 2.86. The minimum atomic E-state index is -1.06. The molecule has 0 fully saturated rings. The SMILES string of the molecule is COc1ccc(C(=O)N[C@@H](CCSC)C(=O)O)o1. The molecule has 0 bridgehead atoms. The molecule has 1 rings (SSSR count). The average molecular weight is 273 g/mol. The van der Waals surface area contributed by atoms with Crippen LogP contribution in [0.1, 0.15) is 17.0 Å². The van der Waals surface area contributed by atoms with Crippen molar-refractivity contribution in [3.05, 3.63) is 17.9 Å². The predicted octanol–water partition coefficient (Wildman–Crippen LogP) is 1.22. The van der Waals surface area contributed by atoms with Crippen LogP contribution in [0.25, 0.3) is 0 Å². The van der Waals surface area contributed by atoms with Crippen molar-refractivity contribution in [3.8, 4) is 5.95 Å². The maximum atomic E-state index is 11.7. The van der Waals surface area contributed by atoms with Gasteiger partial charge in [-0.3, -0.25) is 4.79 Å². The lowest BCUT2D eigenvalue weighted by Crippen LogP contribution is -2.41. The number of nitrogens with one attached hydrogen (secondary N) is 1. The largest absolute Gasteiger partial charge is 0.480 e. The Hall–Kier alpha value is -1.63. The second-order valence-corrected chi connectivity index (χ2v) is 4.45. The molecule has 0 radical (unpaired) electrons. The van der Waals surface area contributed by atoms with E-state index in [2.05, 4.69) is 5.32 Å². The topological polar surface area (TPSA) is 88.8 Å². The predicted molar refractivity (Wildman–Crippen MR) is 67.1 cm³/mol. The fraction of sp³-hybridized carbons (Fsp3) is 0.455. The highest BCUT2D eigenvalue weighted by Crippen LogP contribution is 2.15. The minimum absolute atomic E-state index is 0.0299. The van der Waals surface area contributed by atoms with Crippen LogP contribution in [0.2, 0.25) is 0 Å². The Morgan fingerprint density at radius 1 is 1.56 bits per heavy atom. The molecule has 0 aromatic carbocycles. The van der Waals surface area contributed by atoms with Crippen molar-refractivity contribution < 1.29 is 23.8 Å². The van der Waals surface area contributed by atoms with Crippen LogP contribution in [0.3, 0.4) is 0 Å². The van der Waals surface area contributed by atoms with Crippen LogP contribution in [0.4, 0.5) is 0 Å². The molecule has 1 aromatic rings. The average Bonchev–Trinajstić information content (AvgIpc) is 2.82. The number of carbonyl (C=O) groups excluding carboxylic acids is 1. The van der Waals surface area contributed by atoms with Crippen molar-refractivity contribution >= 4 is 23.6 Å². The third kappa shape index (κ3) is 3.99. The molecule has 1 atom stereocenters. The number of hydrogen-bond donors (Lipinski definition) is 2. The zero-order chi connectivity index (χ0) is 13.5. The molecule has 2 N–H and O–H groups in total. The first-order valence-corrected chi connectivity index (χ1v) is 6.64. The zero-order valence-corrected chi connectivity index (χ0v) is 11.0. The molecule has 0 aliphatic heterocycles. The number of ether oxygens (including phenoxy) is 1. The van der Waals surface area contributed by atoms with E-state index < -0.39 is 17.9 Å². The summed E-state index contributed by atoms with van der Waals surface area (Å²) in [5.41, 5.74) is 0. The van der Waals surface area contributed by atoms with Gasteiger partial charge in [0.15, 0.2) is 5.76 Å². The van der Waals surface area contributed by atoms with Crippen molar-refractivity contribution in [2.24, 2.45) is 0 Å². The number of aliphatic carboxylic acids is 1. The Kier molecular flexibility index (Phi) is 5.57. The summed E-state index contributed by atoms with van der Waals surface area (Å²) in [6.45, 7) is 0. The van der Waals surface area contributed by atoms with Crippen LogP contribution in [-0.2, 0) is 4.79 Å². The molecule has 0 aliphatic rings. The summed E-state index contributed by atoms with van der Waals surface area (Å²) in [7, 11) is 1.42. The van der Waals surface area contributed by atoms with Gasteiger partial charge in [-0.1, -0.05) is 0 Å². The standard InChI is InChI=1S/C11H15NO5S/c1-16-9-4-3-8(17-9)10(13)12-7(11(14)15)5-6-18-2/h3-4,7H,5-6H2,1-2H3,(H,12,13)(H,14,15)/t7-/m0/s1. The highest BCUT2D eigenvalue weighted by molar-refractivity contribution is 7.98. The number of hydrogen-bond acceptors (Lipinski definition) is 5. The maximum Gasteiger partial charge on any atom is 0.326 e. The van der Waals surface area contributed by atoms with E-state index in [4.69, 9.17) is 14.3 Å². The van der Waals surface area contributed by atoms with Gasteiger partial charge in [0, 0.05) is 6.07 Å². The Balaban J connectivity index is 2.62. The molecule has 7 heteroatoms. The highest BCUT2D eigenvalue weighted by atomic mass is 32.2. The number of carboxylic acid groups (broad SMARTS) is 1. The second-order valence-electron chi connectivity index (χ2n) is 3.47. The van der Waals surface area contributed by atoms with Crippen LogP contribution in [0.15, 0.2) is 16.5 Å². The Labute approximate surface area is 109 Å². The van der Waals surface area contributed by atoms with Gasteiger partial charge in [0.1, 0.15) is 6.04 Å². The Bertz CT molecular complexity index is 417. The third-order valence-electron chi connectivity index (χ3n) is 2.22. The second kappa shape index (κ2) is 6.95. The van der Waals surface area contributed by atoms with Crippen LogP contribution in [0, 0.1) is 0 Å². The summed E-state index contributed by atoms with van der Waals surface area (Å²) < 4.78 is 9.84. The van der Waals surface area contributed by atoms with Gasteiger partial charge in [-0.25, -0.2) is 4.79 Å². The lowest BCUT2D eigenvalue weighted by Gasteiger charge is -2.12. The monoisotopic (exact) mass is 273 g/mol. The van der Waals surface area contributed by atoms with Crippen molar-refractivity contribution in [2.75, 3.05) is 19.1 Å². The molecule has 0 unspecified atom stereocenters. The first-order chi connectivity index (χ1) is 8.58. The van der Waals surface area contributed by atoms with Gasteiger partial charge in [-0.2, -0.15) is 11.8 Å². The van der Waals surface area contributed by atoms with E-state index in [1.165, 1.54) is 31.0 Å². The molecule has 0 saturated heterocycles. The van der Waals surface area contributed by atoms with E-state index in [1.807, 2.05) is 6.26 Å². The Morgan fingerprint density at radius 2 is 2.28 bits per heavy atom. The van der Waals surface area contributed by atoms with Crippen molar-refractivity contribution in [1.29, 1.82) is 0 Å². The number of carbonyl (C=O) groups is 2. The van der Waals surface area contributed by atoms with Gasteiger partial charge in [0.05, 0.1) is 7.11 Å². The molecule has 1 heterocycles. The van der Waals surface area contributed by atoms with E-state index in [9.17, 15) is 9.59 Å². The van der Waals surface area contributed by atoms with Crippen molar-refractivity contribution in [2.45, 2.75) is 12.5 Å².